The summed E-state index contributed by atoms with van der Waals surface area (Å²) < 4.78 is 0. The van der Waals surface area contributed by atoms with E-state index in [9.17, 15) is 4.79 Å². The second-order valence-electron chi connectivity index (χ2n) is 4.70. The van der Waals surface area contributed by atoms with E-state index in [1.807, 2.05) is 18.7 Å². The molecule has 1 atom stereocenters. The van der Waals surface area contributed by atoms with Crippen molar-refractivity contribution in [2.45, 2.75) is 50.3 Å². The third-order valence-electron chi connectivity index (χ3n) is 3.55. The summed E-state index contributed by atoms with van der Waals surface area (Å²) in [5.74, 6) is -0.651. The first-order valence-corrected chi connectivity index (χ1v) is 7.71. The van der Waals surface area contributed by atoms with Gasteiger partial charge in [-0.2, -0.15) is 11.8 Å². The second kappa shape index (κ2) is 7.51. The van der Waals surface area contributed by atoms with Gasteiger partial charge >= 0.3 is 0 Å². The van der Waals surface area contributed by atoms with E-state index in [2.05, 4.69) is 16.7 Å². The van der Waals surface area contributed by atoms with E-state index in [0.717, 1.165) is 30.9 Å². The fourth-order valence-corrected chi connectivity index (χ4v) is 3.09. The lowest BCUT2D eigenvalue weighted by atomic mass is 9.94. The van der Waals surface area contributed by atoms with Crippen molar-refractivity contribution in [3.63, 3.8) is 0 Å². The van der Waals surface area contributed by atoms with Crippen LogP contribution in [0.25, 0.3) is 0 Å². The number of thioether (sulfide) groups is 1. The average molecular weight is 273 g/mol. The molecule has 4 N–H and O–H groups in total. The molecular formula is C12H23N3O2S. The van der Waals surface area contributed by atoms with Crippen molar-refractivity contribution >= 4 is 23.5 Å². The zero-order valence-electron chi connectivity index (χ0n) is 11.1. The van der Waals surface area contributed by atoms with Crippen LogP contribution >= 0.6 is 11.8 Å². The zero-order valence-corrected chi connectivity index (χ0v) is 11.9. The fraction of sp³-hybridized carbons (Fsp3) is 0.833. The Hall–Kier alpha value is -0.910. The maximum Gasteiger partial charge on any atom is 0.231 e. The number of nitrogens with zero attached hydrogens (tertiary/aromatic N) is 1. The van der Waals surface area contributed by atoms with Crippen molar-refractivity contribution in [3.05, 3.63) is 0 Å². The molecule has 1 aliphatic rings. The molecule has 1 aliphatic carbocycles. The molecule has 104 valence electrons. The minimum absolute atomic E-state index is 0.00667. The van der Waals surface area contributed by atoms with Crippen LogP contribution in [0.2, 0.25) is 0 Å². The van der Waals surface area contributed by atoms with Crippen molar-refractivity contribution in [3.8, 4) is 0 Å². The molecule has 0 spiro atoms. The van der Waals surface area contributed by atoms with E-state index >= 15 is 0 Å². The molecule has 0 aromatic heterocycles. The highest BCUT2D eigenvalue weighted by atomic mass is 32.2. The Morgan fingerprint density at radius 2 is 2.11 bits per heavy atom. The molecule has 0 saturated heterocycles. The van der Waals surface area contributed by atoms with Gasteiger partial charge in [0.1, 0.15) is 0 Å². The van der Waals surface area contributed by atoms with E-state index in [1.54, 1.807) is 0 Å². The molecule has 1 saturated carbocycles. The Morgan fingerprint density at radius 1 is 1.50 bits per heavy atom. The molecule has 6 heteroatoms. The van der Waals surface area contributed by atoms with E-state index in [4.69, 9.17) is 10.9 Å². The number of amidine groups is 1. The molecule has 0 aromatic rings. The molecule has 0 bridgehead atoms. The zero-order chi connectivity index (χ0) is 13.5. The molecule has 1 amide bonds. The van der Waals surface area contributed by atoms with Crippen LogP contribution in [0.15, 0.2) is 5.16 Å². The first-order valence-electron chi connectivity index (χ1n) is 6.42. The fourth-order valence-electron chi connectivity index (χ4n) is 2.34. The quantitative estimate of drug-likeness (QED) is 0.307. The van der Waals surface area contributed by atoms with Gasteiger partial charge in [0.25, 0.3) is 0 Å². The number of nitrogens with one attached hydrogen (secondary N) is 1. The Morgan fingerprint density at radius 3 is 2.56 bits per heavy atom. The minimum Gasteiger partial charge on any atom is -0.409 e. The predicted molar refractivity (Wildman–Crippen MR) is 74.9 cm³/mol. The molecule has 1 fully saturated rings. The summed E-state index contributed by atoms with van der Waals surface area (Å²) >= 11 is 1.90. The number of rotatable bonds is 5. The van der Waals surface area contributed by atoms with Crippen molar-refractivity contribution in [1.82, 2.24) is 5.32 Å². The van der Waals surface area contributed by atoms with Gasteiger partial charge in [-0.05, 0) is 38.4 Å². The summed E-state index contributed by atoms with van der Waals surface area (Å²) in [7, 11) is 0. The maximum absolute atomic E-state index is 12.0. The van der Waals surface area contributed by atoms with Crippen LogP contribution in [0.5, 0.6) is 0 Å². The lowest BCUT2D eigenvalue weighted by molar-refractivity contribution is -0.124. The molecule has 5 nitrogen and oxygen atoms in total. The van der Waals surface area contributed by atoms with Gasteiger partial charge in [-0.15, -0.1) is 0 Å². The van der Waals surface area contributed by atoms with Crippen LogP contribution in [0.1, 0.15) is 39.0 Å². The molecule has 0 aromatic carbocycles. The molecule has 0 radical (unpaired) electrons. The molecule has 1 rings (SSSR count). The van der Waals surface area contributed by atoms with Gasteiger partial charge in [-0.25, -0.2) is 0 Å². The highest BCUT2D eigenvalue weighted by molar-refractivity contribution is 7.99. The number of amides is 1. The molecule has 0 heterocycles. The van der Waals surface area contributed by atoms with Crippen LogP contribution in [-0.4, -0.2) is 34.5 Å². The number of oxime groups is 1. The number of hydrogen-bond donors (Lipinski definition) is 3. The van der Waals surface area contributed by atoms with E-state index in [0.29, 0.717) is 6.42 Å². The van der Waals surface area contributed by atoms with Gasteiger partial charge in [0.2, 0.25) is 5.91 Å². The SMILES string of the molecule is CCC(C(=O)NC1CCC(SC)CC1)C(N)=NO. The number of carbonyl (C=O) groups excluding carboxylic acids is 1. The third-order valence-corrected chi connectivity index (χ3v) is 4.69. The Kier molecular flexibility index (Phi) is 6.32. The largest absolute Gasteiger partial charge is 0.409 e. The highest BCUT2D eigenvalue weighted by Crippen LogP contribution is 2.27. The molecule has 18 heavy (non-hydrogen) atoms. The maximum atomic E-state index is 12.0. The summed E-state index contributed by atoms with van der Waals surface area (Å²) in [4.78, 5) is 12.0. The number of hydrogen-bond acceptors (Lipinski definition) is 4. The summed E-state index contributed by atoms with van der Waals surface area (Å²) in [6.07, 6.45) is 7.00. The lowest BCUT2D eigenvalue weighted by Crippen LogP contribution is -2.44. The van der Waals surface area contributed by atoms with Crippen LogP contribution in [-0.2, 0) is 4.79 Å². The third kappa shape index (κ3) is 4.08. The minimum atomic E-state index is -0.520. The summed E-state index contributed by atoms with van der Waals surface area (Å²) in [6.45, 7) is 1.85. The summed E-state index contributed by atoms with van der Waals surface area (Å²) in [6, 6.07) is 0.237. The van der Waals surface area contributed by atoms with Crippen molar-refractivity contribution < 1.29 is 10.0 Å². The van der Waals surface area contributed by atoms with Crippen LogP contribution in [0.4, 0.5) is 0 Å². The number of nitrogens with two attached hydrogens (primary N) is 1. The van der Waals surface area contributed by atoms with Gasteiger partial charge in [0.15, 0.2) is 5.84 Å². The standard InChI is InChI=1S/C12H23N3O2S/c1-3-10(11(13)15-17)12(16)14-8-4-6-9(18-2)7-5-8/h8-10,17H,3-7H2,1-2H3,(H2,13,15)(H,14,16). The smallest absolute Gasteiger partial charge is 0.231 e. The van der Waals surface area contributed by atoms with E-state index < -0.39 is 5.92 Å². The second-order valence-corrected chi connectivity index (χ2v) is 5.84. The Labute approximate surface area is 113 Å². The van der Waals surface area contributed by atoms with E-state index in [-0.39, 0.29) is 17.8 Å². The topological polar surface area (TPSA) is 87.7 Å². The number of carbonyl (C=O) groups is 1. The Bertz CT molecular complexity index is 302. The van der Waals surface area contributed by atoms with Gasteiger partial charge in [0, 0.05) is 11.3 Å². The molecule has 1 unspecified atom stereocenters. The van der Waals surface area contributed by atoms with E-state index in [1.165, 1.54) is 0 Å². The van der Waals surface area contributed by atoms with Crippen molar-refractivity contribution in [2.75, 3.05) is 6.26 Å². The van der Waals surface area contributed by atoms with Crippen LogP contribution < -0.4 is 11.1 Å². The highest BCUT2D eigenvalue weighted by Gasteiger charge is 2.26. The van der Waals surface area contributed by atoms with Crippen LogP contribution in [0, 0.1) is 5.92 Å². The first kappa shape index (κ1) is 15.1. The summed E-state index contributed by atoms with van der Waals surface area (Å²) in [5.41, 5.74) is 5.51. The van der Waals surface area contributed by atoms with Crippen LogP contribution in [0.3, 0.4) is 0 Å². The van der Waals surface area contributed by atoms with Gasteiger partial charge < -0.3 is 16.3 Å². The normalized spacial score (nSPS) is 26.7. The molecular weight excluding hydrogens is 250 g/mol. The monoisotopic (exact) mass is 273 g/mol. The van der Waals surface area contributed by atoms with Gasteiger partial charge in [0.05, 0.1) is 5.92 Å². The Balaban J connectivity index is 2.45. The molecule has 0 aliphatic heterocycles. The van der Waals surface area contributed by atoms with Crippen molar-refractivity contribution in [1.29, 1.82) is 0 Å². The van der Waals surface area contributed by atoms with Crippen molar-refractivity contribution in [2.24, 2.45) is 16.8 Å². The lowest BCUT2D eigenvalue weighted by Gasteiger charge is -2.29. The van der Waals surface area contributed by atoms with Gasteiger partial charge in [-0.3, -0.25) is 4.79 Å². The predicted octanol–water partition coefficient (Wildman–Crippen LogP) is 1.55. The summed E-state index contributed by atoms with van der Waals surface area (Å²) in [5, 5.41) is 15.3. The van der Waals surface area contributed by atoms with Gasteiger partial charge in [-0.1, -0.05) is 12.1 Å². The first-order chi connectivity index (χ1) is 8.62. The average Bonchev–Trinajstić information content (AvgIpc) is 2.40.